The summed E-state index contributed by atoms with van der Waals surface area (Å²) < 4.78 is 59.0. The van der Waals surface area contributed by atoms with Gasteiger partial charge in [0.2, 0.25) is 5.88 Å². The molecule has 9 nitrogen and oxygen atoms in total. The number of carbonyl (C=O) groups is 1. The van der Waals surface area contributed by atoms with Crippen LogP contribution in [0.5, 0.6) is 11.6 Å². The molecule has 33 heavy (non-hydrogen) atoms. The van der Waals surface area contributed by atoms with Gasteiger partial charge in [-0.1, -0.05) is 55.2 Å². The number of carbonyl (C=O) groups excluding carboxylic acids is 1. The Kier molecular flexibility index (Phi) is 8.01. The molecule has 0 saturated carbocycles. The molecule has 2 aromatic rings. The van der Waals surface area contributed by atoms with Gasteiger partial charge in [0, 0.05) is 18.2 Å². The van der Waals surface area contributed by atoms with Crippen LogP contribution < -0.4 is 14.2 Å². The largest absolute Gasteiger partial charge is 0.476 e. The Bertz CT molecular complexity index is 1090. The van der Waals surface area contributed by atoms with Crippen LogP contribution >= 0.6 is 23.2 Å². The predicted molar refractivity (Wildman–Crippen MR) is 119 cm³/mol. The van der Waals surface area contributed by atoms with Crippen molar-refractivity contribution in [2.24, 2.45) is 5.92 Å². The van der Waals surface area contributed by atoms with Gasteiger partial charge in [0.1, 0.15) is 10.8 Å². The molecule has 2 heterocycles. The number of pyridine rings is 1. The maximum absolute atomic E-state index is 15.5. The lowest BCUT2D eigenvalue weighted by molar-refractivity contribution is -0.300. The number of halogens is 3. The van der Waals surface area contributed by atoms with Crippen LogP contribution in [0.15, 0.2) is 42.6 Å². The van der Waals surface area contributed by atoms with E-state index in [0.717, 1.165) is 6.20 Å². The summed E-state index contributed by atoms with van der Waals surface area (Å²) in [7, 11) is -4.53. The van der Waals surface area contributed by atoms with E-state index in [2.05, 4.69) is 4.98 Å². The van der Waals surface area contributed by atoms with Crippen molar-refractivity contribution in [3.8, 4) is 11.6 Å². The zero-order valence-electron chi connectivity index (χ0n) is 17.7. The number of morpholine rings is 1. The molecule has 2 unspecified atom stereocenters. The highest BCUT2D eigenvalue weighted by Crippen LogP contribution is 2.35. The lowest BCUT2D eigenvalue weighted by Gasteiger charge is -2.39. The second-order valence-corrected chi connectivity index (χ2v) is 9.89. The fourth-order valence-electron chi connectivity index (χ4n) is 2.75. The van der Waals surface area contributed by atoms with Crippen LogP contribution in [-0.2, 0) is 14.9 Å². The van der Waals surface area contributed by atoms with Gasteiger partial charge in [-0.05, 0) is 18.1 Å². The molecule has 180 valence electrons. The van der Waals surface area contributed by atoms with Crippen LogP contribution in [0.1, 0.15) is 24.2 Å². The van der Waals surface area contributed by atoms with E-state index >= 15 is 4.39 Å². The smallest absolute Gasteiger partial charge is 0.395 e. The van der Waals surface area contributed by atoms with Gasteiger partial charge in [-0.25, -0.2) is 9.71 Å². The van der Waals surface area contributed by atoms with Gasteiger partial charge in [-0.3, -0.25) is 4.79 Å². The number of rotatable bonds is 8. The van der Waals surface area contributed by atoms with Crippen LogP contribution in [-0.4, -0.2) is 54.9 Å². The van der Waals surface area contributed by atoms with Crippen molar-refractivity contribution in [2.75, 3.05) is 19.8 Å². The molecule has 0 radical (unpaired) electrons. The minimum Gasteiger partial charge on any atom is -0.476 e. The first-order valence-corrected chi connectivity index (χ1v) is 12.1. The molecule has 1 fully saturated rings. The molecule has 1 aliphatic heterocycles. The summed E-state index contributed by atoms with van der Waals surface area (Å²) in [5.74, 6) is -0.705. The van der Waals surface area contributed by atoms with Crippen molar-refractivity contribution in [1.29, 1.82) is 0 Å². The average Bonchev–Trinajstić information content (AvgIpc) is 2.75. The molecular weight excluding hydrogens is 500 g/mol. The molecule has 1 aliphatic rings. The van der Waals surface area contributed by atoms with E-state index in [1.807, 2.05) is 18.6 Å². The molecule has 1 aromatic carbocycles. The van der Waals surface area contributed by atoms with Crippen molar-refractivity contribution in [3.05, 3.63) is 53.2 Å². The lowest BCUT2D eigenvalue weighted by Crippen LogP contribution is -2.61. The minimum absolute atomic E-state index is 0.0540. The maximum atomic E-state index is 15.5. The number of hydrogen-bond donors (Lipinski definition) is 1. The first-order valence-electron chi connectivity index (χ1n) is 9.85. The Morgan fingerprint density at radius 1 is 1.39 bits per heavy atom. The van der Waals surface area contributed by atoms with Gasteiger partial charge in [-0.2, -0.15) is 17.1 Å². The van der Waals surface area contributed by atoms with E-state index in [1.165, 1.54) is 18.2 Å². The third kappa shape index (κ3) is 6.24. The summed E-state index contributed by atoms with van der Waals surface area (Å²) in [4.78, 5) is 16.3. The number of benzene rings is 1. The summed E-state index contributed by atoms with van der Waals surface area (Å²) in [6, 6.07) is 5.81. The second kappa shape index (κ2) is 10.4. The number of amides is 1. The molecule has 0 bridgehead atoms. The normalized spacial score (nSPS) is 21.6. The molecule has 0 aliphatic carbocycles. The average molecular weight is 522 g/mol. The highest BCUT2D eigenvalue weighted by molar-refractivity contribution is 7.87. The number of alkyl halides is 2. The molecule has 1 amide bonds. The molecule has 0 spiro atoms. The van der Waals surface area contributed by atoms with Crippen LogP contribution in [0.25, 0.3) is 0 Å². The Morgan fingerprint density at radius 2 is 2.09 bits per heavy atom. The molecule has 1 saturated heterocycles. The van der Waals surface area contributed by atoms with E-state index in [9.17, 15) is 13.2 Å². The molecule has 3 rings (SSSR count). The van der Waals surface area contributed by atoms with E-state index in [-0.39, 0.29) is 34.7 Å². The summed E-state index contributed by atoms with van der Waals surface area (Å²) in [5, 5.41) is 0.0540. The van der Waals surface area contributed by atoms with Gasteiger partial charge in [-0.15, -0.1) is 0 Å². The SMILES string of the molecule is CC(C)COc1ncc(OC2(F)OCCN(S(=O)(=O)NC(=O)c3ccccc3)C2Cl)cc1Cl. The zero-order chi connectivity index (χ0) is 24.2. The lowest BCUT2D eigenvalue weighted by atomic mass is 10.2. The molecular formula is C20H22Cl2FN3O6S. The second-order valence-electron chi connectivity index (χ2n) is 7.44. The number of nitrogens with one attached hydrogen (secondary N) is 1. The van der Waals surface area contributed by atoms with E-state index < -0.39 is 34.3 Å². The van der Waals surface area contributed by atoms with Crippen LogP contribution in [0.2, 0.25) is 5.02 Å². The predicted octanol–water partition coefficient (Wildman–Crippen LogP) is 3.34. The quantitative estimate of drug-likeness (QED) is 0.419. The number of ether oxygens (including phenoxy) is 3. The summed E-state index contributed by atoms with van der Waals surface area (Å²) >= 11 is 12.2. The highest BCUT2D eigenvalue weighted by atomic mass is 35.5. The van der Waals surface area contributed by atoms with Gasteiger partial charge < -0.3 is 14.2 Å². The number of hydrogen-bond acceptors (Lipinski definition) is 7. The van der Waals surface area contributed by atoms with E-state index in [0.29, 0.717) is 10.9 Å². The van der Waals surface area contributed by atoms with Crippen LogP contribution in [0, 0.1) is 5.92 Å². The number of aromatic nitrogens is 1. The van der Waals surface area contributed by atoms with Crippen molar-refractivity contribution in [1.82, 2.24) is 14.0 Å². The first-order chi connectivity index (χ1) is 15.5. The Balaban J connectivity index is 1.74. The Morgan fingerprint density at radius 3 is 2.73 bits per heavy atom. The topological polar surface area (TPSA) is 107 Å². The molecule has 13 heteroatoms. The van der Waals surface area contributed by atoms with Gasteiger partial charge in [0.05, 0.1) is 19.4 Å². The third-order valence-electron chi connectivity index (χ3n) is 4.31. The fourth-order valence-corrected chi connectivity index (χ4v) is 4.63. The van der Waals surface area contributed by atoms with E-state index in [4.69, 9.17) is 37.4 Å². The van der Waals surface area contributed by atoms with Crippen LogP contribution in [0.4, 0.5) is 4.39 Å². The molecule has 1 N–H and O–H groups in total. The Labute approximate surface area is 200 Å². The van der Waals surface area contributed by atoms with Crippen LogP contribution in [0.3, 0.4) is 0 Å². The molecule has 1 aromatic heterocycles. The Hall–Kier alpha value is -2.18. The highest BCUT2D eigenvalue weighted by Gasteiger charge is 2.53. The minimum atomic E-state index is -4.53. The fraction of sp³-hybridized carbons (Fsp3) is 0.400. The maximum Gasteiger partial charge on any atom is 0.395 e. The third-order valence-corrected chi connectivity index (χ3v) is 6.64. The van der Waals surface area contributed by atoms with Gasteiger partial charge >= 0.3 is 16.3 Å². The standard InChI is InChI=1S/C20H22Cl2FN3O6S/c1-13(2)12-30-18-16(21)10-15(11-24-18)32-20(23)19(22)26(8-9-31-20)33(28,29)25-17(27)14-6-4-3-5-7-14/h3-7,10-11,13,19H,8-9,12H2,1-2H3,(H,25,27). The summed E-state index contributed by atoms with van der Waals surface area (Å²) in [6.45, 7) is 3.55. The van der Waals surface area contributed by atoms with Gasteiger partial charge in [0.15, 0.2) is 5.50 Å². The summed E-state index contributed by atoms with van der Waals surface area (Å²) in [5.41, 5.74) is -1.87. The first kappa shape index (κ1) is 25.4. The van der Waals surface area contributed by atoms with Crippen molar-refractivity contribution in [3.63, 3.8) is 0 Å². The number of nitrogens with zero attached hydrogens (tertiary/aromatic N) is 2. The van der Waals surface area contributed by atoms with Crippen molar-refractivity contribution in [2.45, 2.75) is 25.4 Å². The zero-order valence-corrected chi connectivity index (χ0v) is 20.0. The molecule has 2 atom stereocenters. The monoisotopic (exact) mass is 521 g/mol. The van der Waals surface area contributed by atoms with Crippen molar-refractivity contribution >= 4 is 39.3 Å². The summed E-state index contributed by atoms with van der Waals surface area (Å²) in [6.07, 6.45) is 1.14. The van der Waals surface area contributed by atoms with Crippen molar-refractivity contribution < 1.29 is 31.8 Å². The van der Waals surface area contributed by atoms with Gasteiger partial charge in [0.25, 0.3) is 5.91 Å². The van der Waals surface area contributed by atoms with E-state index in [1.54, 1.807) is 18.2 Å².